The lowest BCUT2D eigenvalue weighted by atomic mass is 9.96. The van der Waals surface area contributed by atoms with Crippen molar-refractivity contribution >= 4 is 5.91 Å². The first-order chi connectivity index (χ1) is 12.6. The van der Waals surface area contributed by atoms with Crippen molar-refractivity contribution in [3.05, 3.63) is 35.7 Å². The molecule has 1 aromatic carbocycles. The quantitative estimate of drug-likeness (QED) is 0.908. The standard InChI is InChI=1S/C18H20F2N4O2/c19-13-4-3-12(10-14(13)20)16-22-17(26-23-16)11-5-8-24(9-6-11)18(25)15-2-1-7-21-15/h3-4,10-11,15,21H,1-2,5-9H2/t15-/m0/s1. The molecule has 1 N–H and O–H groups in total. The van der Waals surface area contributed by atoms with Crippen molar-refractivity contribution in [1.29, 1.82) is 0 Å². The molecule has 0 saturated carbocycles. The Bertz CT molecular complexity index is 796. The minimum Gasteiger partial charge on any atom is -0.341 e. The minimum atomic E-state index is -0.943. The van der Waals surface area contributed by atoms with E-state index in [1.165, 1.54) is 6.07 Å². The van der Waals surface area contributed by atoms with Crippen molar-refractivity contribution in [3.63, 3.8) is 0 Å². The summed E-state index contributed by atoms with van der Waals surface area (Å²) in [7, 11) is 0. The van der Waals surface area contributed by atoms with Crippen LogP contribution in [0.2, 0.25) is 0 Å². The molecule has 138 valence electrons. The van der Waals surface area contributed by atoms with Gasteiger partial charge in [-0.15, -0.1) is 0 Å². The zero-order chi connectivity index (χ0) is 18.1. The van der Waals surface area contributed by atoms with Gasteiger partial charge in [0.25, 0.3) is 0 Å². The van der Waals surface area contributed by atoms with Crippen molar-refractivity contribution in [2.75, 3.05) is 19.6 Å². The molecular formula is C18H20F2N4O2. The first-order valence-corrected chi connectivity index (χ1v) is 8.93. The number of nitrogens with zero attached hydrogens (tertiary/aromatic N) is 3. The highest BCUT2D eigenvalue weighted by atomic mass is 19.2. The monoisotopic (exact) mass is 362 g/mol. The van der Waals surface area contributed by atoms with Crippen LogP contribution in [-0.4, -0.2) is 46.6 Å². The maximum absolute atomic E-state index is 13.4. The Morgan fingerprint density at radius 1 is 1.19 bits per heavy atom. The molecule has 0 spiro atoms. The molecule has 6 nitrogen and oxygen atoms in total. The van der Waals surface area contributed by atoms with Gasteiger partial charge in [-0.1, -0.05) is 5.16 Å². The van der Waals surface area contributed by atoms with Crippen LogP contribution in [0.4, 0.5) is 8.78 Å². The maximum atomic E-state index is 13.4. The summed E-state index contributed by atoms with van der Waals surface area (Å²) in [6.07, 6.45) is 3.44. The van der Waals surface area contributed by atoms with Gasteiger partial charge in [0.15, 0.2) is 11.6 Å². The highest BCUT2D eigenvalue weighted by molar-refractivity contribution is 5.82. The number of hydrogen-bond donors (Lipinski definition) is 1. The number of hydrogen-bond acceptors (Lipinski definition) is 5. The van der Waals surface area contributed by atoms with Gasteiger partial charge in [-0.25, -0.2) is 8.78 Å². The van der Waals surface area contributed by atoms with E-state index in [2.05, 4.69) is 15.5 Å². The van der Waals surface area contributed by atoms with Crippen molar-refractivity contribution in [2.45, 2.75) is 37.6 Å². The number of amides is 1. The molecule has 0 aliphatic carbocycles. The summed E-state index contributed by atoms with van der Waals surface area (Å²) in [4.78, 5) is 18.7. The summed E-state index contributed by atoms with van der Waals surface area (Å²) >= 11 is 0. The molecule has 1 atom stereocenters. The Kier molecular flexibility index (Phi) is 4.67. The third kappa shape index (κ3) is 3.33. The topological polar surface area (TPSA) is 71.3 Å². The van der Waals surface area contributed by atoms with Crippen molar-refractivity contribution in [2.24, 2.45) is 0 Å². The average molecular weight is 362 g/mol. The normalized spacial score (nSPS) is 21.3. The van der Waals surface area contributed by atoms with Crippen LogP contribution in [-0.2, 0) is 4.79 Å². The summed E-state index contributed by atoms with van der Waals surface area (Å²) in [6, 6.07) is 3.47. The van der Waals surface area contributed by atoms with Gasteiger partial charge in [-0.05, 0) is 50.4 Å². The molecule has 26 heavy (non-hydrogen) atoms. The summed E-state index contributed by atoms with van der Waals surface area (Å²) < 4.78 is 31.7. The molecule has 2 saturated heterocycles. The average Bonchev–Trinajstić information content (AvgIpc) is 3.36. The molecular weight excluding hydrogens is 342 g/mol. The van der Waals surface area contributed by atoms with Gasteiger partial charge >= 0.3 is 0 Å². The Morgan fingerprint density at radius 3 is 2.69 bits per heavy atom. The van der Waals surface area contributed by atoms with Gasteiger partial charge in [0.05, 0.1) is 6.04 Å². The van der Waals surface area contributed by atoms with Gasteiger partial charge in [0.1, 0.15) is 0 Å². The number of nitrogens with one attached hydrogen (secondary N) is 1. The zero-order valence-electron chi connectivity index (χ0n) is 14.3. The first-order valence-electron chi connectivity index (χ1n) is 8.93. The van der Waals surface area contributed by atoms with Crippen LogP contribution in [0.25, 0.3) is 11.4 Å². The highest BCUT2D eigenvalue weighted by Crippen LogP contribution is 2.29. The second-order valence-corrected chi connectivity index (χ2v) is 6.83. The Hall–Kier alpha value is -2.35. The van der Waals surface area contributed by atoms with Crippen LogP contribution in [0.15, 0.2) is 22.7 Å². The Morgan fingerprint density at radius 2 is 2.00 bits per heavy atom. The van der Waals surface area contributed by atoms with E-state index >= 15 is 0 Å². The highest BCUT2D eigenvalue weighted by Gasteiger charge is 2.32. The number of carbonyl (C=O) groups is 1. The van der Waals surface area contributed by atoms with Gasteiger partial charge in [-0.3, -0.25) is 4.79 Å². The number of carbonyl (C=O) groups excluding carboxylic acids is 1. The molecule has 1 amide bonds. The summed E-state index contributed by atoms with van der Waals surface area (Å²) in [5.41, 5.74) is 0.374. The number of benzene rings is 1. The van der Waals surface area contributed by atoms with E-state index in [4.69, 9.17) is 4.52 Å². The number of likely N-dealkylation sites (tertiary alicyclic amines) is 1. The lowest BCUT2D eigenvalue weighted by Crippen LogP contribution is -2.46. The predicted molar refractivity (Wildman–Crippen MR) is 89.2 cm³/mol. The molecule has 2 fully saturated rings. The smallest absolute Gasteiger partial charge is 0.239 e. The molecule has 0 radical (unpaired) electrons. The van der Waals surface area contributed by atoms with Gasteiger partial charge in [0, 0.05) is 24.6 Å². The number of halogens is 2. The van der Waals surface area contributed by atoms with E-state index in [-0.39, 0.29) is 23.7 Å². The van der Waals surface area contributed by atoms with Crippen LogP contribution in [0.5, 0.6) is 0 Å². The van der Waals surface area contributed by atoms with Crippen LogP contribution in [0.3, 0.4) is 0 Å². The molecule has 8 heteroatoms. The number of piperidine rings is 1. The largest absolute Gasteiger partial charge is 0.341 e. The van der Waals surface area contributed by atoms with Gasteiger partial charge in [0.2, 0.25) is 17.6 Å². The first kappa shape index (κ1) is 17.1. The molecule has 2 aliphatic heterocycles. The third-order valence-electron chi connectivity index (χ3n) is 5.13. The van der Waals surface area contributed by atoms with E-state index < -0.39 is 11.6 Å². The molecule has 0 bridgehead atoms. The fourth-order valence-corrected chi connectivity index (χ4v) is 3.62. The van der Waals surface area contributed by atoms with E-state index in [9.17, 15) is 13.6 Å². The summed E-state index contributed by atoms with van der Waals surface area (Å²) in [5, 5.41) is 7.12. The second kappa shape index (κ2) is 7.11. The molecule has 4 rings (SSSR count). The fraction of sp³-hybridized carbons (Fsp3) is 0.500. The van der Waals surface area contributed by atoms with Crippen molar-refractivity contribution < 1.29 is 18.1 Å². The Balaban J connectivity index is 1.39. The zero-order valence-corrected chi connectivity index (χ0v) is 14.3. The second-order valence-electron chi connectivity index (χ2n) is 6.83. The maximum Gasteiger partial charge on any atom is 0.239 e. The number of aromatic nitrogens is 2. The van der Waals surface area contributed by atoms with Crippen molar-refractivity contribution in [3.8, 4) is 11.4 Å². The van der Waals surface area contributed by atoms with Crippen LogP contribution in [0, 0.1) is 11.6 Å². The van der Waals surface area contributed by atoms with Gasteiger partial charge < -0.3 is 14.7 Å². The minimum absolute atomic E-state index is 0.0464. The molecule has 1 aromatic heterocycles. The SMILES string of the molecule is O=C([C@@H]1CCCN1)N1CCC(c2nc(-c3ccc(F)c(F)c3)no2)CC1. The molecule has 2 aliphatic rings. The lowest BCUT2D eigenvalue weighted by molar-refractivity contribution is -0.134. The van der Waals surface area contributed by atoms with E-state index in [0.29, 0.717) is 24.5 Å². The number of rotatable bonds is 3. The summed E-state index contributed by atoms with van der Waals surface area (Å²) in [6.45, 7) is 2.22. The fourth-order valence-electron chi connectivity index (χ4n) is 3.62. The third-order valence-corrected chi connectivity index (χ3v) is 5.13. The van der Waals surface area contributed by atoms with E-state index in [0.717, 1.165) is 44.4 Å². The lowest BCUT2D eigenvalue weighted by Gasteiger charge is -2.32. The molecule has 3 heterocycles. The molecule has 0 unspecified atom stereocenters. The predicted octanol–water partition coefficient (Wildman–Crippen LogP) is 2.47. The van der Waals surface area contributed by atoms with Crippen LogP contribution in [0.1, 0.15) is 37.5 Å². The van der Waals surface area contributed by atoms with Gasteiger partial charge in [-0.2, -0.15) is 4.98 Å². The van der Waals surface area contributed by atoms with Crippen molar-refractivity contribution in [1.82, 2.24) is 20.4 Å². The van der Waals surface area contributed by atoms with Crippen LogP contribution >= 0.6 is 0 Å². The summed E-state index contributed by atoms with van der Waals surface area (Å²) in [5.74, 6) is -0.882. The van der Waals surface area contributed by atoms with E-state index in [1.54, 1.807) is 0 Å². The Labute approximate surface area is 149 Å². The molecule has 2 aromatic rings. The van der Waals surface area contributed by atoms with Crippen LogP contribution < -0.4 is 5.32 Å². The van der Waals surface area contributed by atoms with E-state index in [1.807, 2.05) is 4.90 Å².